The second-order valence-corrected chi connectivity index (χ2v) is 8.55. The summed E-state index contributed by atoms with van der Waals surface area (Å²) < 4.78 is 0. The van der Waals surface area contributed by atoms with Crippen molar-refractivity contribution in [3.63, 3.8) is 0 Å². The first kappa shape index (κ1) is 17.2. The molecule has 0 amide bonds. The third-order valence-electron chi connectivity index (χ3n) is 5.21. The van der Waals surface area contributed by atoms with Crippen LogP contribution in [0.4, 0.5) is 0 Å². The Labute approximate surface area is 132 Å². The van der Waals surface area contributed by atoms with Gasteiger partial charge in [0.25, 0.3) is 0 Å². The first-order valence-electron chi connectivity index (χ1n) is 9.06. The molecule has 0 aromatic heterocycles. The third-order valence-corrected chi connectivity index (χ3v) is 5.21. The normalized spacial score (nSPS) is 25.1. The Kier molecular flexibility index (Phi) is 6.51. The highest BCUT2D eigenvalue weighted by Crippen LogP contribution is 2.20. The maximum Gasteiger partial charge on any atom is 0.0109 e. The van der Waals surface area contributed by atoms with Crippen LogP contribution in [0.3, 0.4) is 0 Å². The molecule has 0 radical (unpaired) electrons. The molecule has 2 saturated heterocycles. The van der Waals surface area contributed by atoms with Gasteiger partial charge in [-0.15, -0.1) is 0 Å². The van der Waals surface area contributed by atoms with Crippen molar-refractivity contribution in [1.82, 2.24) is 14.7 Å². The fraction of sp³-hybridized carbons (Fsp3) is 1.00. The molecule has 0 aromatic rings. The van der Waals surface area contributed by atoms with Gasteiger partial charge in [-0.3, -0.25) is 0 Å². The maximum absolute atomic E-state index is 2.74. The highest BCUT2D eigenvalue weighted by atomic mass is 15.2. The van der Waals surface area contributed by atoms with Crippen LogP contribution in [0.15, 0.2) is 0 Å². The van der Waals surface area contributed by atoms with Crippen LogP contribution in [0, 0.1) is 11.3 Å². The molecule has 3 nitrogen and oxygen atoms in total. The Morgan fingerprint density at radius 2 is 1.48 bits per heavy atom. The van der Waals surface area contributed by atoms with Crippen molar-refractivity contribution in [2.24, 2.45) is 11.3 Å². The van der Waals surface area contributed by atoms with Crippen LogP contribution < -0.4 is 0 Å². The summed E-state index contributed by atoms with van der Waals surface area (Å²) in [5.41, 5.74) is 0.472. The zero-order valence-electron chi connectivity index (χ0n) is 14.9. The summed E-state index contributed by atoms with van der Waals surface area (Å²) in [6, 6.07) is 0. The fourth-order valence-electron chi connectivity index (χ4n) is 3.53. The molecule has 0 N–H and O–H groups in total. The largest absolute Gasteiger partial charge is 0.306 e. The molecule has 0 saturated carbocycles. The van der Waals surface area contributed by atoms with Crippen molar-refractivity contribution in [3.05, 3.63) is 0 Å². The van der Waals surface area contributed by atoms with E-state index in [2.05, 4.69) is 42.5 Å². The van der Waals surface area contributed by atoms with E-state index in [1.165, 1.54) is 78.0 Å². The Hall–Kier alpha value is -0.120. The van der Waals surface area contributed by atoms with Crippen LogP contribution in [0.1, 0.15) is 46.5 Å². The Morgan fingerprint density at radius 1 is 0.857 bits per heavy atom. The summed E-state index contributed by atoms with van der Waals surface area (Å²) in [5.74, 6) is 0.947. The van der Waals surface area contributed by atoms with Gasteiger partial charge in [-0.2, -0.15) is 0 Å². The lowest BCUT2D eigenvalue weighted by Gasteiger charge is -2.32. The highest BCUT2D eigenvalue weighted by molar-refractivity contribution is 4.77. The average Bonchev–Trinajstić information content (AvgIpc) is 2.64. The zero-order chi connectivity index (χ0) is 15.3. The summed E-state index contributed by atoms with van der Waals surface area (Å²) in [6.45, 7) is 17.5. The van der Waals surface area contributed by atoms with E-state index in [0.717, 1.165) is 5.92 Å². The van der Waals surface area contributed by atoms with Gasteiger partial charge in [0.2, 0.25) is 0 Å². The standard InChI is InChI=1S/C18H37N3/c1-18(2,3)8-13-20-9-5-10-21(15-14-20)16-17-6-11-19(4)12-7-17/h17H,5-16H2,1-4H3. The minimum Gasteiger partial charge on any atom is -0.306 e. The molecule has 2 aliphatic heterocycles. The van der Waals surface area contributed by atoms with Crippen molar-refractivity contribution in [1.29, 1.82) is 0 Å². The van der Waals surface area contributed by atoms with Gasteiger partial charge >= 0.3 is 0 Å². The van der Waals surface area contributed by atoms with Crippen LogP contribution in [-0.2, 0) is 0 Å². The summed E-state index contributed by atoms with van der Waals surface area (Å²) in [7, 11) is 2.26. The Balaban J connectivity index is 1.68. The first-order chi connectivity index (χ1) is 9.92. The fourth-order valence-corrected chi connectivity index (χ4v) is 3.53. The summed E-state index contributed by atoms with van der Waals surface area (Å²) in [5, 5.41) is 0. The monoisotopic (exact) mass is 295 g/mol. The Bertz CT molecular complexity index is 289. The topological polar surface area (TPSA) is 9.72 Å². The van der Waals surface area contributed by atoms with Gasteiger partial charge in [-0.1, -0.05) is 20.8 Å². The van der Waals surface area contributed by atoms with Crippen LogP contribution >= 0.6 is 0 Å². The second kappa shape index (κ2) is 7.94. The molecule has 2 fully saturated rings. The summed E-state index contributed by atoms with van der Waals surface area (Å²) in [4.78, 5) is 7.92. The molecular formula is C18H37N3. The second-order valence-electron chi connectivity index (χ2n) is 8.55. The number of likely N-dealkylation sites (tertiary alicyclic amines) is 1. The van der Waals surface area contributed by atoms with Gasteiger partial charge in [0.1, 0.15) is 0 Å². The number of piperidine rings is 1. The van der Waals surface area contributed by atoms with Crippen LogP contribution in [0.25, 0.3) is 0 Å². The van der Waals surface area contributed by atoms with Crippen molar-refractivity contribution in [2.45, 2.75) is 46.5 Å². The first-order valence-corrected chi connectivity index (χ1v) is 9.06. The smallest absolute Gasteiger partial charge is 0.0109 e. The maximum atomic E-state index is 2.74. The van der Waals surface area contributed by atoms with Gasteiger partial charge in [0.15, 0.2) is 0 Å². The molecule has 3 heteroatoms. The van der Waals surface area contributed by atoms with Crippen LogP contribution in [0.5, 0.6) is 0 Å². The lowest BCUT2D eigenvalue weighted by Crippen LogP contribution is -2.38. The van der Waals surface area contributed by atoms with E-state index in [1.807, 2.05) is 0 Å². The predicted molar refractivity (Wildman–Crippen MR) is 91.8 cm³/mol. The predicted octanol–water partition coefficient (Wildman–Crippen LogP) is 2.77. The number of rotatable bonds is 4. The highest BCUT2D eigenvalue weighted by Gasteiger charge is 2.22. The number of nitrogens with zero attached hydrogens (tertiary/aromatic N) is 3. The minimum absolute atomic E-state index is 0.472. The molecule has 0 bridgehead atoms. The Morgan fingerprint density at radius 3 is 2.14 bits per heavy atom. The van der Waals surface area contributed by atoms with Gasteiger partial charge in [-0.05, 0) is 76.8 Å². The lowest BCUT2D eigenvalue weighted by molar-refractivity contribution is 0.160. The van der Waals surface area contributed by atoms with Crippen molar-refractivity contribution >= 4 is 0 Å². The molecular weight excluding hydrogens is 258 g/mol. The zero-order valence-corrected chi connectivity index (χ0v) is 14.9. The SMILES string of the molecule is CN1CCC(CN2CCCN(CCC(C)(C)C)CC2)CC1. The molecule has 2 aliphatic rings. The molecule has 0 aliphatic carbocycles. The molecule has 2 heterocycles. The van der Waals surface area contributed by atoms with Crippen LogP contribution in [-0.4, -0.2) is 74.1 Å². The summed E-state index contributed by atoms with van der Waals surface area (Å²) in [6.07, 6.45) is 5.49. The molecule has 0 unspecified atom stereocenters. The average molecular weight is 296 g/mol. The van der Waals surface area contributed by atoms with E-state index in [4.69, 9.17) is 0 Å². The van der Waals surface area contributed by atoms with Gasteiger partial charge in [0, 0.05) is 19.6 Å². The number of hydrogen-bond donors (Lipinski definition) is 0. The van der Waals surface area contributed by atoms with Crippen molar-refractivity contribution < 1.29 is 0 Å². The van der Waals surface area contributed by atoms with E-state index >= 15 is 0 Å². The van der Waals surface area contributed by atoms with Gasteiger partial charge < -0.3 is 14.7 Å². The lowest BCUT2D eigenvalue weighted by atomic mass is 9.92. The molecule has 21 heavy (non-hydrogen) atoms. The van der Waals surface area contributed by atoms with E-state index in [0.29, 0.717) is 5.41 Å². The molecule has 2 rings (SSSR count). The molecule has 0 spiro atoms. The van der Waals surface area contributed by atoms with Crippen LogP contribution in [0.2, 0.25) is 0 Å². The quantitative estimate of drug-likeness (QED) is 0.789. The summed E-state index contributed by atoms with van der Waals surface area (Å²) >= 11 is 0. The van der Waals surface area contributed by atoms with Gasteiger partial charge in [0.05, 0.1) is 0 Å². The van der Waals surface area contributed by atoms with Gasteiger partial charge in [-0.25, -0.2) is 0 Å². The van der Waals surface area contributed by atoms with E-state index in [1.54, 1.807) is 0 Å². The molecule has 0 aromatic carbocycles. The molecule has 0 atom stereocenters. The number of hydrogen-bond acceptors (Lipinski definition) is 3. The third kappa shape index (κ3) is 6.66. The van der Waals surface area contributed by atoms with Crippen molar-refractivity contribution in [2.75, 3.05) is 59.4 Å². The molecule has 124 valence electrons. The van der Waals surface area contributed by atoms with E-state index < -0.39 is 0 Å². The van der Waals surface area contributed by atoms with E-state index in [9.17, 15) is 0 Å². The van der Waals surface area contributed by atoms with E-state index in [-0.39, 0.29) is 0 Å². The van der Waals surface area contributed by atoms with Crippen molar-refractivity contribution in [3.8, 4) is 0 Å². The minimum atomic E-state index is 0.472.